The number of carbonyl (C=O) groups excluding carboxylic acids is 1. The topological polar surface area (TPSA) is 72.3 Å². The number of hydrogen-bond donors (Lipinski definition) is 1. The molecule has 1 aliphatic rings. The van der Waals surface area contributed by atoms with Crippen molar-refractivity contribution in [1.29, 1.82) is 0 Å². The summed E-state index contributed by atoms with van der Waals surface area (Å²) in [5.74, 6) is 0.665. The quantitative estimate of drug-likeness (QED) is 0.692. The van der Waals surface area contributed by atoms with Gasteiger partial charge in [-0.25, -0.2) is 4.68 Å². The molecule has 1 amide bonds. The number of nitrogens with zero attached hydrogens (tertiary/aromatic N) is 4. The smallest absolute Gasteiger partial charge is 0.276 e. The van der Waals surface area contributed by atoms with E-state index >= 15 is 0 Å². The number of carbonyl (C=O) groups is 1. The molecule has 1 saturated heterocycles. The number of hydrogen-bond acceptors (Lipinski definition) is 5. The van der Waals surface area contributed by atoms with E-state index in [0.717, 1.165) is 34.8 Å². The van der Waals surface area contributed by atoms with Gasteiger partial charge in [-0.1, -0.05) is 35.5 Å². The first-order valence-electron chi connectivity index (χ1n) is 9.74. The second-order valence-electron chi connectivity index (χ2n) is 7.23. The third kappa shape index (κ3) is 4.04. The number of methoxy groups -OCH3 is 1. The highest BCUT2D eigenvalue weighted by Gasteiger charge is 2.33. The third-order valence-electron chi connectivity index (χ3n) is 5.35. The second kappa shape index (κ2) is 9.28. The Kier molecular flexibility index (Phi) is 6.74. The number of ether oxygens (including phenoxy) is 1. The maximum atomic E-state index is 13.5. The van der Waals surface area contributed by atoms with E-state index < -0.39 is 0 Å². The van der Waals surface area contributed by atoms with Crippen LogP contribution in [0.5, 0.6) is 5.75 Å². The summed E-state index contributed by atoms with van der Waals surface area (Å²) in [4.78, 5) is 15.3. The summed E-state index contributed by atoms with van der Waals surface area (Å²) >= 11 is 0. The molecule has 1 fully saturated rings. The van der Waals surface area contributed by atoms with Crippen molar-refractivity contribution in [3.63, 3.8) is 0 Å². The molecule has 1 unspecified atom stereocenters. The fourth-order valence-corrected chi connectivity index (χ4v) is 3.83. The molecule has 0 aliphatic carbocycles. The first-order valence-corrected chi connectivity index (χ1v) is 9.74. The van der Waals surface area contributed by atoms with Gasteiger partial charge in [0, 0.05) is 25.2 Å². The van der Waals surface area contributed by atoms with Crippen LogP contribution in [0.4, 0.5) is 0 Å². The monoisotopic (exact) mass is 427 g/mol. The van der Waals surface area contributed by atoms with Crippen LogP contribution < -0.4 is 10.1 Å². The largest absolute Gasteiger partial charge is 0.496 e. The molecule has 1 N–H and O–H groups in total. The molecule has 1 aliphatic heterocycles. The molecule has 30 heavy (non-hydrogen) atoms. The van der Waals surface area contributed by atoms with E-state index in [1.54, 1.807) is 11.8 Å². The molecule has 1 atom stereocenters. The number of rotatable bonds is 4. The Morgan fingerprint density at radius 2 is 1.97 bits per heavy atom. The zero-order valence-corrected chi connectivity index (χ0v) is 18.1. The number of aryl methyl sites for hydroxylation is 1. The fraction of sp³-hybridized carbons (Fsp3) is 0.318. The van der Waals surface area contributed by atoms with Crippen LogP contribution in [0.3, 0.4) is 0 Å². The lowest BCUT2D eigenvalue weighted by Crippen LogP contribution is -2.49. The van der Waals surface area contributed by atoms with E-state index in [9.17, 15) is 4.79 Å². The molecule has 0 bridgehead atoms. The van der Waals surface area contributed by atoms with Gasteiger partial charge in [-0.3, -0.25) is 4.79 Å². The molecular formula is C22H26ClN5O2. The Morgan fingerprint density at radius 3 is 2.73 bits per heavy atom. The van der Waals surface area contributed by atoms with Gasteiger partial charge in [0.25, 0.3) is 5.91 Å². The highest BCUT2D eigenvalue weighted by molar-refractivity contribution is 5.93. The van der Waals surface area contributed by atoms with Crippen molar-refractivity contribution in [2.45, 2.75) is 19.9 Å². The summed E-state index contributed by atoms with van der Waals surface area (Å²) < 4.78 is 7.25. The summed E-state index contributed by atoms with van der Waals surface area (Å²) in [6.45, 7) is 5.91. The van der Waals surface area contributed by atoms with Crippen molar-refractivity contribution in [2.75, 3.05) is 26.7 Å². The van der Waals surface area contributed by atoms with Crippen LogP contribution in [0.1, 0.15) is 33.4 Å². The predicted octanol–water partition coefficient (Wildman–Crippen LogP) is 3.10. The van der Waals surface area contributed by atoms with Gasteiger partial charge < -0.3 is 15.0 Å². The molecule has 2 aromatic carbocycles. The van der Waals surface area contributed by atoms with Crippen molar-refractivity contribution >= 4 is 18.3 Å². The molecule has 7 nitrogen and oxygen atoms in total. The average molecular weight is 428 g/mol. The lowest BCUT2D eigenvalue weighted by atomic mass is 10.0. The van der Waals surface area contributed by atoms with Crippen molar-refractivity contribution < 1.29 is 9.53 Å². The van der Waals surface area contributed by atoms with Gasteiger partial charge in [0.1, 0.15) is 5.75 Å². The zero-order chi connectivity index (χ0) is 20.4. The minimum Gasteiger partial charge on any atom is -0.496 e. The normalized spacial score (nSPS) is 16.1. The van der Waals surface area contributed by atoms with Crippen LogP contribution >= 0.6 is 12.4 Å². The van der Waals surface area contributed by atoms with Crippen molar-refractivity contribution in [1.82, 2.24) is 25.2 Å². The first-order chi connectivity index (χ1) is 14.1. The van der Waals surface area contributed by atoms with Crippen LogP contribution in [0.2, 0.25) is 0 Å². The summed E-state index contributed by atoms with van der Waals surface area (Å²) in [6.07, 6.45) is 0. The Morgan fingerprint density at radius 1 is 1.17 bits per heavy atom. The molecular weight excluding hydrogens is 402 g/mol. The van der Waals surface area contributed by atoms with E-state index in [0.29, 0.717) is 18.8 Å². The van der Waals surface area contributed by atoms with Crippen LogP contribution in [-0.2, 0) is 0 Å². The van der Waals surface area contributed by atoms with E-state index in [1.807, 2.05) is 67.3 Å². The highest BCUT2D eigenvalue weighted by Crippen LogP contribution is 2.31. The molecule has 2 heterocycles. The molecule has 0 spiro atoms. The van der Waals surface area contributed by atoms with Crippen molar-refractivity contribution in [3.8, 4) is 11.4 Å². The predicted molar refractivity (Wildman–Crippen MR) is 118 cm³/mol. The SMILES string of the molecule is COc1ccccc1C1CNCCN1C(=O)c1nnn(-c2cccc(C)c2)c1C.Cl. The molecule has 8 heteroatoms. The van der Waals surface area contributed by atoms with E-state index in [1.165, 1.54) is 0 Å². The summed E-state index contributed by atoms with van der Waals surface area (Å²) in [7, 11) is 1.65. The van der Waals surface area contributed by atoms with Gasteiger partial charge in [0.05, 0.1) is 24.5 Å². The minimum atomic E-state index is -0.129. The Hall–Kier alpha value is -2.90. The van der Waals surface area contributed by atoms with Gasteiger partial charge in [0.15, 0.2) is 5.69 Å². The Labute approximate surface area is 182 Å². The highest BCUT2D eigenvalue weighted by atomic mass is 35.5. The van der Waals surface area contributed by atoms with Gasteiger partial charge in [-0.2, -0.15) is 0 Å². The average Bonchev–Trinajstić information content (AvgIpc) is 3.14. The zero-order valence-electron chi connectivity index (χ0n) is 17.3. The van der Waals surface area contributed by atoms with Crippen LogP contribution in [0, 0.1) is 13.8 Å². The maximum absolute atomic E-state index is 13.5. The fourth-order valence-electron chi connectivity index (χ4n) is 3.83. The number of halogens is 1. The van der Waals surface area contributed by atoms with Gasteiger partial charge in [0.2, 0.25) is 0 Å². The minimum absolute atomic E-state index is 0. The Balaban J connectivity index is 0.00000256. The number of benzene rings is 2. The van der Waals surface area contributed by atoms with Gasteiger partial charge in [-0.05, 0) is 37.6 Å². The summed E-state index contributed by atoms with van der Waals surface area (Å²) in [5.41, 5.74) is 4.13. The number of aromatic nitrogens is 3. The van der Waals surface area contributed by atoms with Gasteiger partial charge in [-0.15, -0.1) is 17.5 Å². The second-order valence-corrected chi connectivity index (χ2v) is 7.23. The van der Waals surface area contributed by atoms with Crippen LogP contribution in [0.25, 0.3) is 5.69 Å². The molecule has 0 saturated carbocycles. The molecule has 4 rings (SSSR count). The third-order valence-corrected chi connectivity index (χ3v) is 5.35. The van der Waals surface area contributed by atoms with Crippen molar-refractivity contribution in [3.05, 3.63) is 71.0 Å². The Bertz CT molecular complexity index is 1040. The van der Waals surface area contributed by atoms with Crippen LogP contribution in [0.15, 0.2) is 48.5 Å². The molecule has 0 radical (unpaired) electrons. The first kappa shape index (κ1) is 21.8. The molecule has 3 aromatic rings. The van der Waals surface area contributed by atoms with Crippen molar-refractivity contribution in [2.24, 2.45) is 0 Å². The number of nitrogens with one attached hydrogen (secondary N) is 1. The number of amides is 1. The summed E-state index contributed by atoms with van der Waals surface area (Å²) in [6, 6.07) is 15.7. The lowest BCUT2D eigenvalue weighted by molar-refractivity contribution is 0.0624. The number of para-hydroxylation sites is 1. The maximum Gasteiger partial charge on any atom is 0.276 e. The van der Waals surface area contributed by atoms with E-state index in [4.69, 9.17) is 4.74 Å². The van der Waals surface area contributed by atoms with Crippen LogP contribution in [-0.4, -0.2) is 52.5 Å². The lowest BCUT2D eigenvalue weighted by Gasteiger charge is -2.36. The standard InChI is InChI=1S/C22H25N5O2.ClH/c1-15-7-6-8-17(13-15)27-16(2)21(24-25-27)22(28)26-12-11-23-14-19(26)18-9-4-5-10-20(18)29-3;/h4-10,13,19,23H,11-12,14H2,1-3H3;1H. The summed E-state index contributed by atoms with van der Waals surface area (Å²) in [5, 5.41) is 11.9. The molecule has 158 valence electrons. The number of piperazine rings is 1. The van der Waals surface area contributed by atoms with Gasteiger partial charge >= 0.3 is 0 Å². The van der Waals surface area contributed by atoms with E-state index in [-0.39, 0.29) is 24.4 Å². The molecule has 1 aromatic heterocycles. The van der Waals surface area contributed by atoms with E-state index in [2.05, 4.69) is 15.6 Å².